The molecule has 1 N–H and O–H groups in total. The Hall–Kier alpha value is -1.45. The molecule has 8 nitrogen and oxygen atoms in total. The van der Waals surface area contributed by atoms with Gasteiger partial charge in [0.05, 0.1) is 10.8 Å². The van der Waals surface area contributed by atoms with Gasteiger partial charge < -0.3 is 24.1 Å². The second kappa shape index (κ2) is 9.37. The van der Waals surface area contributed by atoms with Crippen LogP contribution in [0.15, 0.2) is 0 Å². The highest BCUT2D eigenvalue weighted by Gasteiger charge is 2.51. The summed E-state index contributed by atoms with van der Waals surface area (Å²) in [6.07, 6.45) is -8.56. The summed E-state index contributed by atoms with van der Waals surface area (Å²) in [6, 6.07) is 0. The van der Waals surface area contributed by atoms with E-state index in [4.69, 9.17) is 30.5 Å². The van der Waals surface area contributed by atoms with Crippen LogP contribution in [0.5, 0.6) is 0 Å². The maximum atomic E-state index is 15.1. The Labute approximate surface area is 168 Å². The van der Waals surface area contributed by atoms with Crippen molar-refractivity contribution in [3.8, 4) is 0 Å². The average molecular weight is 427 g/mol. The second-order valence-electron chi connectivity index (χ2n) is 8.57. The molecule has 0 saturated carbocycles. The standard InChI is InChI=1S/C18H28ClFO8/c1-17(2,3)15(23)25-8-9-11(20)12(28-16(24)18(4,5)6)13(14(22)26-9)27-10(21)7-19/h9,11-14,22H,7-8H2,1-6H3/t9?,11-,12+,13+,14?/m1/s1. The van der Waals surface area contributed by atoms with E-state index in [2.05, 4.69) is 0 Å². The number of aliphatic hydroxyl groups is 1. The van der Waals surface area contributed by atoms with Gasteiger partial charge >= 0.3 is 17.9 Å². The lowest BCUT2D eigenvalue weighted by molar-refractivity contribution is -0.285. The number of ether oxygens (including phenoxy) is 4. The number of carbonyl (C=O) groups is 3. The minimum atomic E-state index is -2.03. The number of aliphatic hydroxyl groups excluding tert-OH is 1. The van der Waals surface area contributed by atoms with Gasteiger partial charge in [-0.05, 0) is 41.5 Å². The molecule has 5 atom stereocenters. The molecule has 0 amide bonds. The lowest BCUT2D eigenvalue weighted by Crippen LogP contribution is -2.60. The molecule has 10 heteroatoms. The summed E-state index contributed by atoms with van der Waals surface area (Å²) < 4.78 is 35.3. The van der Waals surface area contributed by atoms with E-state index >= 15 is 4.39 Å². The highest BCUT2D eigenvalue weighted by atomic mass is 35.5. The molecule has 1 fully saturated rings. The van der Waals surface area contributed by atoms with Crippen LogP contribution in [0.4, 0.5) is 4.39 Å². The maximum absolute atomic E-state index is 15.1. The third kappa shape index (κ3) is 6.56. The average Bonchev–Trinajstić information content (AvgIpc) is 2.57. The molecule has 1 heterocycles. The summed E-state index contributed by atoms with van der Waals surface area (Å²) in [5, 5.41) is 10.2. The minimum absolute atomic E-state index is 0.520. The third-order valence-corrected chi connectivity index (χ3v) is 4.03. The van der Waals surface area contributed by atoms with Crippen LogP contribution in [0.2, 0.25) is 0 Å². The summed E-state index contributed by atoms with van der Waals surface area (Å²) in [6.45, 7) is 9.01. The van der Waals surface area contributed by atoms with Crippen molar-refractivity contribution in [3.63, 3.8) is 0 Å². The van der Waals surface area contributed by atoms with Gasteiger partial charge in [-0.2, -0.15) is 0 Å². The summed E-state index contributed by atoms with van der Waals surface area (Å²) >= 11 is 5.38. The monoisotopic (exact) mass is 426 g/mol. The Morgan fingerprint density at radius 3 is 2.00 bits per heavy atom. The van der Waals surface area contributed by atoms with E-state index in [0.717, 1.165) is 0 Å². The molecule has 0 radical (unpaired) electrons. The maximum Gasteiger partial charge on any atom is 0.321 e. The first-order valence-electron chi connectivity index (χ1n) is 8.80. The largest absolute Gasteiger partial charge is 0.462 e. The predicted octanol–water partition coefficient (Wildman–Crippen LogP) is 1.74. The fraction of sp³-hybridized carbons (Fsp3) is 0.833. The Kier molecular flexibility index (Phi) is 8.22. The van der Waals surface area contributed by atoms with Gasteiger partial charge in [0.15, 0.2) is 24.7 Å². The number of alkyl halides is 2. The van der Waals surface area contributed by atoms with Gasteiger partial charge in [0.2, 0.25) is 0 Å². The van der Waals surface area contributed by atoms with Gasteiger partial charge in [-0.15, -0.1) is 11.6 Å². The normalized spacial score (nSPS) is 28.4. The molecule has 0 aliphatic carbocycles. The number of rotatable bonds is 5. The Bertz CT molecular complexity index is 583. The summed E-state index contributed by atoms with van der Waals surface area (Å²) in [4.78, 5) is 35.6. The molecule has 0 spiro atoms. The number of carbonyl (C=O) groups excluding carboxylic acids is 3. The Balaban J connectivity index is 3.01. The van der Waals surface area contributed by atoms with E-state index in [1.807, 2.05) is 0 Å². The molecule has 0 aromatic carbocycles. The molecular weight excluding hydrogens is 399 g/mol. The van der Waals surface area contributed by atoms with Crippen LogP contribution < -0.4 is 0 Å². The first kappa shape index (κ1) is 24.6. The van der Waals surface area contributed by atoms with Crippen molar-refractivity contribution in [2.45, 2.75) is 72.3 Å². The van der Waals surface area contributed by atoms with Gasteiger partial charge in [0.1, 0.15) is 18.6 Å². The molecule has 0 bridgehead atoms. The highest BCUT2D eigenvalue weighted by Crippen LogP contribution is 2.30. The predicted molar refractivity (Wildman–Crippen MR) is 96.1 cm³/mol. The lowest BCUT2D eigenvalue weighted by atomic mass is 9.95. The van der Waals surface area contributed by atoms with Crippen molar-refractivity contribution in [1.29, 1.82) is 0 Å². The molecule has 1 aliphatic heterocycles. The molecule has 0 aromatic rings. The summed E-state index contributed by atoms with van der Waals surface area (Å²) in [5.41, 5.74) is -1.80. The van der Waals surface area contributed by atoms with Gasteiger partial charge in [-0.1, -0.05) is 0 Å². The van der Waals surface area contributed by atoms with Crippen molar-refractivity contribution in [2.24, 2.45) is 10.8 Å². The molecule has 0 aromatic heterocycles. The zero-order valence-electron chi connectivity index (χ0n) is 16.9. The van der Waals surface area contributed by atoms with Crippen LogP contribution in [0.3, 0.4) is 0 Å². The SMILES string of the molecule is CC(C)(C)C(=O)OCC1OC(O)[C@@H](OC(=O)CCl)[C@@H](OC(=O)C(C)(C)C)[C@@H]1F. The van der Waals surface area contributed by atoms with E-state index in [0.29, 0.717) is 0 Å². The Morgan fingerprint density at radius 2 is 1.54 bits per heavy atom. The van der Waals surface area contributed by atoms with Gasteiger partial charge in [0.25, 0.3) is 0 Å². The first-order chi connectivity index (χ1) is 12.7. The van der Waals surface area contributed by atoms with Crippen LogP contribution >= 0.6 is 11.6 Å². The molecule has 2 unspecified atom stereocenters. The minimum Gasteiger partial charge on any atom is -0.462 e. The number of esters is 3. The smallest absolute Gasteiger partial charge is 0.321 e. The Morgan fingerprint density at radius 1 is 1.00 bits per heavy atom. The molecular formula is C18H28ClFO8. The van der Waals surface area contributed by atoms with Crippen LogP contribution in [0, 0.1) is 10.8 Å². The number of hydrogen-bond donors (Lipinski definition) is 1. The molecule has 28 heavy (non-hydrogen) atoms. The molecule has 1 rings (SSSR count). The van der Waals surface area contributed by atoms with E-state index in [9.17, 15) is 19.5 Å². The van der Waals surface area contributed by atoms with Crippen molar-refractivity contribution in [1.82, 2.24) is 0 Å². The lowest BCUT2D eigenvalue weighted by Gasteiger charge is -2.41. The fourth-order valence-corrected chi connectivity index (χ4v) is 2.20. The van der Waals surface area contributed by atoms with Gasteiger partial charge in [-0.3, -0.25) is 14.4 Å². The van der Waals surface area contributed by atoms with E-state index in [1.54, 1.807) is 41.5 Å². The van der Waals surface area contributed by atoms with E-state index in [1.165, 1.54) is 0 Å². The third-order valence-electron chi connectivity index (χ3n) is 3.81. The van der Waals surface area contributed by atoms with Gasteiger partial charge in [-0.25, -0.2) is 4.39 Å². The quantitative estimate of drug-likeness (QED) is 0.402. The van der Waals surface area contributed by atoms with Gasteiger partial charge in [0, 0.05) is 0 Å². The van der Waals surface area contributed by atoms with Crippen molar-refractivity contribution < 1.29 is 42.8 Å². The number of hydrogen-bond acceptors (Lipinski definition) is 8. The highest BCUT2D eigenvalue weighted by molar-refractivity contribution is 6.26. The van der Waals surface area contributed by atoms with E-state index in [-0.39, 0.29) is 0 Å². The molecule has 1 saturated heterocycles. The zero-order valence-corrected chi connectivity index (χ0v) is 17.6. The molecule has 1 aliphatic rings. The van der Waals surface area contributed by atoms with Crippen molar-refractivity contribution >= 4 is 29.5 Å². The second-order valence-corrected chi connectivity index (χ2v) is 8.83. The van der Waals surface area contributed by atoms with Crippen LogP contribution in [-0.4, -0.2) is 66.3 Å². The summed E-state index contributed by atoms with van der Waals surface area (Å²) in [7, 11) is 0. The van der Waals surface area contributed by atoms with Crippen molar-refractivity contribution in [3.05, 3.63) is 0 Å². The number of halogens is 2. The van der Waals surface area contributed by atoms with Crippen molar-refractivity contribution in [2.75, 3.05) is 12.5 Å². The first-order valence-corrected chi connectivity index (χ1v) is 9.33. The van der Waals surface area contributed by atoms with Crippen LogP contribution in [0.25, 0.3) is 0 Å². The zero-order chi connectivity index (χ0) is 21.9. The summed E-state index contributed by atoms with van der Waals surface area (Å²) in [5.74, 6) is -2.87. The van der Waals surface area contributed by atoms with Crippen LogP contribution in [0.1, 0.15) is 41.5 Å². The van der Waals surface area contributed by atoms with Crippen LogP contribution in [-0.2, 0) is 33.3 Å². The topological polar surface area (TPSA) is 108 Å². The molecule has 162 valence electrons. The van der Waals surface area contributed by atoms with E-state index < -0.39 is 72.0 Å². The fourth-order valence-electron chi connectivity index (χ4n) is 2.13.